The van der Waals surface area contributed by atoms with E-state index in [0.29, 0.717) is 19.3 Å². The van der Waals surface area contributed by atoms with E-state index in [1.54, 1.807) is 0 Å². The molecule has 3 heterocycles. The predicted octanol–water partition coefficient (Wildman–Crippen LogP) is 12.4. The van der Waals surface area contributed by atoms with Gasteiger partial charge in [-0.1, -0.05) is 335 Å². The van der Waals surface area contributed by atoms with Crippen molar-refractivity contribution in [3.63, 3.8) is 0 Å². The lowest BCUT2D eigenvalue weighted by Gasteiger charge is -2.50. The van der Waals surface area contributed by atoms with E-state index in [1.807, 2.05) is 0 Å². The summed E-state index contributed by atoms with van der Waals surface area (Å²) >= 11 is 0. The van der Waals surface area contributed by atoms with E-state index in [4.69, 9.17) is 28.4 Å². The van der Waals surface area contributed by atoms with Gasteiger partial charge in [-0.05, 0) is 12.8 Å². The maximum Gasteiger partial charge on any atom is 0.364 e. The number of unbranched alkanes of at least 4 members (excludes halogenated alkanes) is 49. The van der Waals surface area contributed by atoms with Crippen molar-refractivity contribution in [2.24, 2.45) is 0 Å². The first-order chi connectivity index (χ1) is 50.9. The van der Waals surface area contributed by atoms with Crippen LogP contribution in [-0.2, 0) is 42.8 Å². The Morgan fingerprint density at radius 1 is 0.457 bits per heavy atom. The second-order valence-corrected chi connectivity index (χ2v) is 31.4. The van der Waals surface area contributed by atoms with Crippen molar-refractivity contribution < 1.29 is 104 Å². The first kappa shape index (κ1) is 96.9. The standard InChI is InChI=1S/C82H156N2O21/c1-4-6-8-10-12-14-16-18-20-22-23-24-25-26-27-28-29-30-31-32-33-34-35-36-37-38-39-40-42-44-46-48-50-52-54-56-69(92)84-63(64(89)55-53-51-49-47-45-43-41-21-19-17-15-13-11-9-7-5-2)61-100-79-74(96)73(95)76(68(60-87)102-79)103-80-75(97)78(72(94)67(59-86)101-80)105-82(81(98)99)57-65(90)70(83-62(3)88)77(104-82)71(93)66(91)58-85/h63-68,70-80,85-87,89-91,93-97H,4-61H2,1-3H3,(H,83,88)(H,84,92)(H,98,99). The molecule has 620 valence electrons. The first-order valence-electron chi connectivity index (χ1n) is 42.9. The average Bonchev–Trinajstić information content (AvgIpc) is 0.753. The number of carbonyl (C=O) groups is 3. The molecule has 18 unspecified atom stereocenters. The summed E-state index contributed by atoms with van der Waals surface area (Å²) in [6.07, 6.45) is 37.0. The van der Waals surface area contributed by atoms with Crippen LogP contribution in [0.15, 0.2) is 0 Å². The summed E-state index contributed by atoms with van der Waals surface area (Å²) in [4.78, 5) is 38.7. The Morgan fingerprint density at radius 2 is 0.829 bits per heavy atom. The van der Waals surface area contributed by atoms with E-state index < -0.39 is 148 Å². The Labute approximate surface area is 633 Å². The third kappa shape index (κ3) is 41.2. The number of carboxylic acids is 1. The number of carbonyl (C=O) groups excluding carboxylic acids is 2. The summed E-state index contributed by atoms with van der Waals surface area (Å²) in [5, 5.41) is 137. The number of carboxylic acid groups (broad SMARTS) is 1. The molecule has 0 aromatic rings. The van der Waals surface area contributed by atoms with E-state index in [-0.39, 0.29) is 18.9 Å². The van der Waals surface area contributed by atoms with Crippen LogP contribution in [0.25, 0.3) is 0 Å². The van der Waals surface area contributed by atoms with Crippen LogP contribution in [0.5, 0.6) is 0 Å². The summed E-state index contributed by atoms with van der Waals surface area (Å²) in [5.74, 6) is -6.09. The van der Waals surface area contributed by atoms with E-state index in [0.717, 1.165) is 51.9 Å². The molecule has 3 saturated heterocycles. The molecule has 3 rings (SSSR count). The number of aliphatic hydroxyl groups is 11. The Bertz CT molecular complexity index is 2090. The van der Waals surface area contributed by atoms with Gasteiger partial charge in [-0.25, -0.2) is 4.79 Å². The molecule has 2 amide bonds. The first-order valence-corrected chi connectivity index (χ1v) is 42.9. The van der Waals surface area contributed by atoms with Crippen molar-refractivity contribution >= 4 is 17.8 Å². The van der Waals surface area contributed by atoms with Crippen LogP contribution < -0.4 is 10.6 Å². The van der Waals surface area contributed by atoms with Crippen molar-refractivity contribution in [1.82, 2.24) is 10.6 Å². The van der Waals surface area contributed by atoms with Crippen LogP contribution >= 0.6 is 0 Å². The van der Waals surface area contributed by atoms with Crippen LogP contribution in [0.4, 0.5) is 0 Å². The number of aliphatic hydroxyl groups excluding tert-OH is 11. The Morgan fingerprint density at radius 3 is 1.19 bits per heavy atom. The topological polar surface area (TPSA) is 373 Å². The normalized spacial score (nSPS) is 26.2. The largest absolute Gasteiger partial charge is 0.477 e. The number of hydrogen-bond acceptors (Lipinski definition) is 20. The number of nitrogens with one attached hydrogen (secondary N) is 2. The summed E-state index contributed by atoms with van der Waals surface area (Å²) in [7, 11) is 0. The molecule has 3 aliphatic heterocycles. The van der Waals surface area contributed by atoms with Gasteiger partial charge in [-0.3, -0.25) is 9.59 Å². The smallest absolute Gasteiger partial charge is 0.364 e. The Balaban J connectivity index is 1.42. The van der Waals surface area contributed by atoms with Crippen LogP contribution in [-0.4, -0.2) is 215 Å². The quantitative estimate of drug-likeness (QED) is 0.0252. The van der Waals surface area contributed by atoms with Crippen LogP contribution in [0.1, 0.15) is 367 Å². The zero-order valence-corrected chi connectivity index (χ0v) is 65.9. The van der Waals surface area contributed by atoms with E-state index in [9.17, 15) is 75.7 Å². The molecule has 0 aliphatic carbocycles. The number of ether oxygens (including phenoxy) is 6. The van der Waals surface area contributed by atoms with Crippen LogP contribution in [0.3, 0.4) is 0 Å². The van der Waals surface area contributed by atoms with Gasteiger partial charge in [0.05, 0.1) is 50.7 Å². The molecular formula is C82H156N2O21. The molecule has 23 heteroatoms. The fourth-order valence-electron chi connectivity index (χ4n) is 15.3. The third-order valence-electron chi connectivity index (χ3n) is 22.1. The van der Waals surface area contributed by atoms with Gasteiger partial charge in [-0.2, -0.15) is 0 Å². The number of amides is 2. The Hall–Kier alpha value is -2.27. The molecule has 0 aromatic heterocycles. The molecule has 105 heavy (non-hydrogen) atoms. The number of hydrogen-bond donors (Lipinski definition) is 14. The van der Waals surface area contributed by atoms with Gasteiger partial charge in [0.25, 0.3) is 5.79 Å². The van der Waals surface area contributed by atoms with Gasteiger partial charge < -0.3 is 100 Å². The minimum absolute atomic E-state index is 0.230. The molecule has 0 aromatic carbocycles. The Kier molecular flexibility index (Phi) is 56.6. The molecule has 0 spiro atoms. The molecule has 18 atom stereocenters. The molecule has 3 fully saturated rings. The van der Waals surface area contributed by atoms with Gasteiger partial charge in [-0.15, -0.1) is 0 Å². The molecule has 0 bridgehead atoms. The maximum absolute atomic E-state index is 13.6. The molecule has 0 radical (unpaired) electrons. The van der Waals surface area contributed by atoms with Crippen molar-refractivity contribution in [2.75, 3.05) is 26.4 Å². The van der Waals surface area contributed by atoms with Crippen molar-refractivity contribution in [1.29, 1.82) is 0 Å². The lowest BCUT2D eigenvalue weighted by Crippen LogP contribution is -2.70. The number of rotatable bonds is 69. The number of aliphatic carboxylic acids is 1. The van der Waals surface area contributed by atoms with E-state index in [2.05, 4.69) is 24.5 Å². The highest BCUT2D eigenvalue weighted by molar-refractivity contribution is 5.77. The third-order valence-corrected chi connectivity index (χ3v) is 22.1. The van der Waals surface area contributed by atoms with Gasteiger partial charge in [0.1, 0.15) is 67.1 Å². The predicted molar refractivity (Wildman–Crippen MR) is 408 cm³/mol. The fraction of sp³-hybridized carbons (Fsp3) is 0.963. The van der Waals surface area contributed by atoms with Crippen molar-refractivity contribution in [2.45, 2.75) is 477 Å². The average molecular weight is 1510 g/mol. The minimum atomic E-state index is -3.08. The van der Waals surface area contributed by atoms with E-state index in [1.165, 1.54) is 270 Å². The molecule has 0 saturated carbocycles. The molecular weight excluding hydrogens is 1350 g/mol. The highest BCUT2D eigenvalue weighted by Gasteiger charge is 2.60. The molecule has 14 N–H and O–H groups in total. The van der Waals surface area contributed by atoms with Gasteiger partial charge in [0, 0.05) is 19.8 Å². The second-order valence-electron chi connectivity index (χ2n) is 31.4. The maximum atomic E-state index is 13.6. The van der Waals surface area contributed by atoms with E-state index >= 15 is 0 Å². The summed E-state index contributed by atoms with van der Waals surface area (Å²) < 4.78 is 35.0. The van der Waals surface area contributed by atoms with Crippen molar-refractivity contribution in [3.05, 3.63) is 0 Å². The molecule has 3 aliphatic rings. The fourth-order valence-corrected chi connectivity index (χ4v) is 15.3. The van der Waals surface area contributed by atoms with Crippen LogP contribution in [0, 0.1) is 0 Å². The van der Waals surface area contributed by atoms with Crippen LogP contribution in [0.2, 0.25) is 0 Å². The minimum Gasteiger partial charge on any atom is -0.477 e. The zero-order valence-electron chi connectivity index (χ0n) is 65.9. The second kappa shape index (κ2) is 61.3. The SMILES string of the molecule is CCCCCCCCCCCCCCCCCCCCCCCCCCCCCCCCCCCCCC(=O)NC(COC1OC(CO)C(OC2OC(CO)C(O)C(OC3(C(=O)O)CC(O)C(NC(C)=O)C(C(O)C(O)CO)O3)C2O)C(O)C1O)C(O)CCCCCCCCCCCCCCCCCC. The highest BCUT2D eigenvalue weighted by atomic mass is 16.8. The van der Waals surface area contributed by atoms with Gasteiger partial charge in [0.15, 0.2) is 12.6 Å². The van der Waals surface area contributed by atoms with Gasteiger partial charge in [0.2, 0.25) is 11.8 Å². The highest BCUT2D eigenvalue weighted by Crippen LogP contribution is 2.39. The zero-order chi connectivity index (χ0) is 76.7. The van der Waals surface area contributed by atoms with Gasteiger partial charge >= 0.3 is 5.97 Å². The summed E-state index contributed by atoms with van der Waals surface area (Å²) in [6, 6.07) is -2.53. The lowest BCUT2D eigenvalue weighted by atomic mass is 9.88. The van der Waals surface area contributed by atoms with Crippen molar-refractivity contribution in [3.8, 4) is 0 Å². The summed E-state index contributed by atoms with van der Waals surface area (Å²) in [6.45, 7) is 2.27. The monoisotopic (exact) mass is 1510 g/mol. The summed E-state index contributed by atoms with van der Waals surface area (Å²) in [5.41, 5.74) is 0. The lowest BCUT2D eigenvalue weighted by molar-refractivity contribution is -0.386. The molecule has 23 nitrogen and oxygen atoms in total.